The van der Waals surface area contributed by atoms with Gasteiger partial charge in [0.2, 0.25) is 0 Å². The number of ether oxygens (including phenoxy) is 3. The number of allylic oxidation sites excluding steroid dienone is 1. The largest absolute Gasteiger partial charge is 0.384 e. The lowest BCUT2D eigenvalue weighted by Crippen LogP contribution is -2.49. The van der Waals surface area contributed by atoms with Crippen LogP contribution in [0.4, 0.5) is 0 Å². The van der Waals surface area contributed by atoms with Crippen molar-refractivity contribution >= 4 is 6.29 Å². The van der Waals surface area contributed by atoms with Gasteiger partial charge in [-0.15, -0.1) is 6.58 Å². The first-order chi connectivity index (χ1) is 7.93. The van der Waals surface area contributed by atoms with Gasteiger partial charge in [-0.1, -0.05) is 6.08 Å². The van der Waals surface area contributed by atoms with E-state index in [1.807, 2.05) is 0 Å². The van der Waals surface area contributed by atoms with Crippen molar-refractivity contribution in [2.45, 2.75) is 56.6 Å². The summed E-state index contributed by atoms with van der Waals surface area (Å²) in [4.78, 5) is 11.0. The van der Waals surface area contributed by atoms with Crippen molar-refractivity contribution in [2.24, 2.45) is 0 Å². The molecular weight excluding hydrogens is 224 g/mol. The molecule has 0 aliphatic carbocycles. The second-order valence-electron chi connectivity index (χ2n) is 4.94. The highest BCUT2D eigenvalue weighted by Crippen LogP contribution is 2.44. The SMILES string of the molecule is C=CCC[C@]1(O)[C@@H](C=O)O[C@@H]2OC(C)(C)O[C@@H]21. The maximum absolute atomic E-state index is 11.0. The second kappa shape index (κ2) is 4.17. The smallest absolute Gasteiger partial charge is 0.191 e. The molecule has 0 unspecified atom stereocenters. The lowest BCUT2D eigenvalue weighted by Gasteiger charge is -2.31. The summed E-state index contributed by atoms with van der Waals surface area (Å²) in [5, 5.41) is 10.6. The molecule has 0 aromatic carbocycles. The van der Waals surface area contributed by atoms with Crippen molar-refractivity contribution in [3.05, 3.63) is 12.7 Å². The normalized spacial score (nSPS) is 43.4. The fourth-order valence-electron chi connectivity index (χ4n) is 2.36. The van der Waals surface area contributed by atoms with Gasteiger partial charge in [0.15, 0.2) is 18.4 Å². The van der Waals surface area contributed by atoms with E-state index in [2.05, 4.69) is 6.58 Å². The van der Waals surface area contributed by atoms with Crippen LogP contribution < -0.4 is 0 Å². The molecule has 0 spiro atoms. The summed E-state index contributed by atoms with van der Waals surface area (Å²) in [7, 11) is 0. The Hall–Kier alpha value is -0.750. The monoisotopic (exact) mass is 242 g/mol. The van der Waals surface area contributed by atoms with Gasteiger partial charge in [-0.2, -0.15) is 0 Å². The van der Waals surface area contributed by atoms with Gasteiger partial charge in [-0.05, 0) is 26.7 Å². The van der Waals surface area contributed by atoms with Gasteiger partial charge in [-0.3, -0.25) is 0 Å². The van der Waals surface area contributed by atoms with Gasteiger partial charge >= 0.3 is 0 Å². The van der Waals surface area contributed by atoms with Crippen molar-refractivity contribution in [1.29, 1.82) is 0 Å². The van der Waals surface area contributed by atoms with Crippen LogP contribution in [0.1, 0.15) is 26.7 Å². The zero-order valence-electron chi connectivity index (χ0n) is 10.1. The average Bonchev–Trinajstić information content (AvgIpc) is 2.69. The predicted octanol–water partition coefficient (Wildman–Crippen LogP) is 0.759. The van der Waals surface area contributed by atoms with Gasteiger partial charge < -0.3 is 24.1 Å². The van der Waals surface area contributed by atoms with E-state index in [9.17, 15) is 9.90 Å². The zero-order chi connectivity index (χ0) is 12.7. The molecule has 2 saturated heterocycles. The van der Waals surface area contributed by atoms with E-state index in [1.54, 1.807) is 19.9 Å². The molecule has 0 saturated carbocycles. The van der Waals surface area contributed by atoms with E-state index in [0.717, 1.165) is 0 Å². The van der Waals surface area contributed by atoms with E-state index < -0.39 is 29.9 Å². The number of fused-ring (bicyclic) bond motifs is 1. The molecule has 0 radical (unpaired) electrons. The third-order valence-electron chi connectivity index (χ3n) is 3.20. The van der Waals surface area contributed by atoms with Crippen LogP contribution in [0.25, 0.3) is 0 Å². The Morgan fingerprint density at radius 2 is 2.12 bits per heavy atom. The van der Waals surface area contributed by atoms with Gasteiger partial charge in [0.05, 0.1) is 0 Å². The van der Waals surface area contributed by atoms with Crippen LogP contribution in [0, 0.1) is 0 Å². The summed E-state index contributed by atoms with van der Waals surface area (Å²) >= 11 is 0. The van der Waals surface area contributed by atoms with E-state index in [0.29, 0.717) is 19.1 Å². The molecule has 0 bridgehead atoms. The number of aldehydes is 1. The fourth-order valence-corrected chi connectivity index (χ4v) is 2.36. The van der Waals surface area contributed by atoms with Crippen LogP contribution in [0.5, 0.6) is 0 Å². The summed E-state index contributed by atoms with van der Waals surface area (Å²) in [5.74, 6) is -0.800. The average molecular weight is 242 g/mol. The molecule has 2 aliphatic rings. The number of aliphatic hydroxyl groups is 1. The lowest BCUT2D eigenvalue weighted by atomic mass is 9.88. The molecule has 2 rings (SSSR count). The molecule has 17 heavy (non-hydrogen) atoms. The summed E-state index contributed by atoms with van der Waals surface area (Å²) in [5.41, 5.74) is -1.34. The fraction of sp³-hybridized carbons (Fsp3) is 0.750. The van der Waals surface area contributed by atoms with Gasteiger partial charge in [-0.25, -0.2) is 0 Å². The first kappa shape index (κ1) is 12.7. The number of hydrogen-bond donors (Lipinski definition) is 1. The highest BCUT2D eigenvalue weighted by molar-refractivity contribution is 5.60. The van der Waals surface area contributed by atoms with Crippen LogP contribution in [0.3, 0.4) is 0 Å². The predicted molar refractivity (Wildman–Crippen MR) is 59.1 cm³/mol. The van der Waals surface area contributed by atoms with Crippen molar-refractivity contribution in [2.75, 3.05) is 0 Å². The number of carbonyl (C=O) groups is 1. The van der Waals surface area contributed by atoms with Crippen molar-refractivity contribution in [3.63, 3.8) is 0 Å². The second-order valence-corrected chi connectivity index (χ2v) is 4.94. The third-order valence-corrected chi connectivity index (χ3v) is 3.20. The first-order valence-electron chi connectivity index (χ1n) is 5.72. The number of hydrogen-bond acceptors (Lipinski definition) is 5. The van der Waals surface area contributed by atoms with Gasteiger partial charge in [0, 0.05) is 0 Å². The molecule has 0 amide bonds. The minimum absolute atomic E-state index is 0.362. The third kappa shape index (κ3) is 2.04. The van der Waals surface area contributed by atoms with E-state index in [4.69, 9.17) is 14.2 Å². The molecule has 5 heteroatoms. The Morgan fingerprint density at radius 3 is 2.71 bits per heavy atom. The molecule has 96 valence electrons. The molecule has 0 aromatic heterocycles. The van der Waals surface area contributed by atoms with Crippen LogP contribution in [0.2, 0.25) is 0 Å². The Bertz CT molecular complexity index is 327. The molecular formula is C12H18O5. The van der Waals surface area contributed by atoms with Crippen LogP contribution in [-0.2, 0) is 19.0 Å². The Morgan fingerprint density at radius 1 is 1.41 bits per heavy atom. The first-order valence-corrected chi connectivity index (χ1v) is 5.72. The molecule has 4 atom stereocenters. The zero-order valence-corrected chi connectivity index (χ0v) is 10.1. The summed E-state index contributed by atoms with van der Waals surface area (Å²) < 4.78 is 16.5. The lowest BCUT2D eigenvalue weighted by molar-refractivity contribution is -0.225. The standard InChI is InChI=1S/C12H18O5/c1-4-5-6-12(14)8(7-13)15-10-9(12)16-11(2,3)17-10/h4,7-10,14H,1,5-6H2,2-3H3/t8-,9+,10-,12+/m1/s1. The molecule has 1 N–H and O–H groups in total. The minimum Gasteiger partial charge on any atom is -0.384 e. The van der Waals surface area contributed by atoms with E-state index in [1.165, 1.54) is 0 Å². The van der Waals surface area contributed by atoms with Crippen molar-refractivity contribution in [1.82, 2.24) is 0 Å². The van der Waals surface area contributed by atoms with Crippen LogP contribution in [-0.4, -0.2) is 41.3 Å². The maximum atomic E-state index is 11.0. The van der Waals surface area contributed by atoms with Gasteiger partial charge in [0.25, 0.3) is 0 Å². The topological polar surface area (TPSA) is 65.0 Å². The molecule has 2 aliphatic heterocycles. The molecule has 5 nitrogen and oxygen atoms in total. The molecule has 0 aromatic rings. The Labute approximate surface area is 100 Å². The summed E-state index contributed by atoms with van der Waals surface area (Å²) in [6.07, 6.45) is 1.00. The van der Waals surface area contributed by atoms with Crippen molar-refractivity contribution < 1.29 is 24.1 Å². The van der Waals surface area contributed by atoms with E-state index in [-0.39, 0.29) is 0 Å². The van der Waals surface area contributed by atoms with Crippen LogP contribution >= 0.6 is 0 Å². The Kier molecular flexibility index (Phi) is 3.12. The highest BCUT2D eigenvalue weighted by atomic mass is 16.8. The quantitative estimate of drug-likeness (QED) is 0.582. The van der Waals surface area contributed by atoms with Gasteiger partial charge in [0.1, 0.15) is 17.8 Å². The van der Waals surface area contributed by atoms with Crippen LogP contribution in [0.15, 0.2) is 12.7 Å². The number of carbonyl (C=O) groups excluding carboxylic acids is 1. The molecule has 2 heterocycles. The highest BCUT2D eigenvalue weighted by Gasteiger charge is 2.62. The van der Waals surface area contributed by atoms with Crippen molar-refractivity contribution in [3.8, 4) is 0 Å². The molecule has 2 fully saturated rings. The number of rotatable bonds is 4. The summed E-state index contributed by atoms with van der Waals surface area (Å²) in [6.45, 7) is 7.10. The summed E-state index contributed by atoms with van der Waals surface area (Å²) in [6, 6.07) is 0. The van der Waals surface area contributed by atoms with E-state index >= 15 is 0 Å². The minimum atomic E-state index is -1.34. The maximum Gasteiger partial charge on any atom is 0.191 e. The Balaban J connectivity index is 2.20.